The summed E-state index contributed by atoms with van der Waals surface area (Å²) < 4.78 is 5.81. The van der Waals surface area contributed by atoms with E-state index in [2.05, 4.69) is 32.2 Å². The van der Waals surface area contributed by atoms with E-state index in [9.17, 15) is 5.11 Å². The Kier molecular flexibility index (Phi) is 4.04. The Morgan fingerprint density at radius 1 is 1.22 bits per heavy atom. The van der Waals surface area contributed by atoms with E-state index in [1.807, 2.05) is 24.3 Å². The van der Waals surface area contributed by atoms with Gasteiger partial charge in [0.05, 0.1) is 12.6 Å². The summed E-state index contributed by atoms with van der Waals surface area (Å²) in [6.45, 7) is 6.39. The molecule has 1 aromatic carbocycles. The number of hydrogen-bond donors (Lipinski definition) is 2. The Morgan fingerprint density at radius 3 is 2.56 bits per heavy atom. The van der Waals surface area contributed by atoms with Crippen molar-refractivity contribution >= 4 is 11.0 Å². The van der Waals surface area contributed by atoms with Crippen LogP contribution in [0.2, 0.25) is 0 Å². The summed E-state index contributed by atoms with van der Waals surface area (Å²) in [7, 11) is 0. The van der Waals surface area contributed by atoms with Crippen LogP contribution in [0.1, 0.15) is 32.6 Å². The largest absolute Gasteiger partial charge is 0.459 e. The van der Waals surface area contributed by atoms with Crippen LogP contribution in [0.25, 0.3) is 11.0 Å². The summed E-state index contributed by atoms with van der Waals surface area (Å²) in [5.74, 6) is 1.30. The Morgan fingerprint density at radius 2 is 1.94 bits per heavy atom. The van der Waals surface area contributed by atoms with Gasteiger partial charge in [0, 0.05) is 11.4 Å². The quantitative estimate of drug-likeness (QED) is 0.853. The smallest absolute Gasteiger partial charge is 0.134 e. The van der Waals surface area contributed by atoms with E-state index < -0.39 is 0 Å². The van der Waals surface area contributed by atoms with E-state index in [0.717, 1.165) is 16.7 Å². The first-order valence-electron chi connectivity index (χ1n) is 6.47. The average molecular weight is 247 g/mol. The third-order valence-corrected chi connectivity index (χ3v) is 3.34. The van der Waals surface area contributed by atoms with E-state index >= 15 is 0 Å². The van der Waals surface area contributed by atoms with Crippen molar-refractivity contribution in [3.05, 3.63) is 36.1 Å². The van der Waals surface area contributed by atoms with Gasteiger partial charge in [0.2, 0.25) is 0 Å². The second kappa shape index (κ2) is 5.55. The van der Waals surface area contributed by atoms with Gasteiger partial charge in [-0.1, -0.05) is 32.0 Å². The van der Waals surface area contributed by atoms with Gasteiger partial charge in [-0.15, -0.1) is 0 Å². The Labute approximate surface area is 108 Å². The molecule has 3 nitrogen and oxygen atoms in total. The van der Waals surface area contributed by atoms with Crippen molar-refractivity contribution in [3.63, 3.8) is 0 Å². The van der Waals surface area contributed by atoms with Gasteiger partial charge in [0.15, 0.2) is 0 Å². The fraction of sp³-hybridized carbons (Fsp3) is 0.467. The van der Waals surface area contributed by atoms with E-state index in [4.69, 9.17) is 4.42 Å². The molecule has 2 N–H and O–H groups in total. The standard InChI is InChI=1S/C15H21NO2/c1-10(2)13(9-17)16-11(3)15-8-12-6-4-5-7-14(12)18-15/h4-8,10-11,13,16-17H,9H2,1-3H3/t11?,13-/m1/s1. The number of fused-ring (bicyclic) bond motifs is 1. The van der Waals surface area contributed by atoms with Gasteiger partial charge in [-0.05, 0) is 25.0 Å². The number of benzene rings is 1. The van der Waals surface area contributed by atoms with Crippen LogP contribution in [0, 0.1) is 5.92 Å². The highest BCUT2D eigenvalue weighted by molar-refractivity contribution is 5.77. The SMILES string of the molecule is CC(N[C@H](CO)C(C)C)c1cc2ccccc2o1. The molecular weight excluding hydrogens is 226 g/mol. The molecule has 0 aliphatic rings. The van der Waals surface area contributed by atoms with Crippen LogP contribution < -0.4 is 5.32 Å². The third-order valence-electron chi connectivity index (χ3n) is 3.34. The van der Waals surface area contributed by atoms with Gasteiger partial charge < -0.3 is 14.8 Å². The molecule has 2 aromatic rings. The lowest BCUT2D eigenvalue weighted by atomic mass is 10.0. The van der Waals surface area contributed by atoms with Crippen molar-refractivity contribution < 1.29 is 9.52 Å². The molecule has 1 unspecified atom stereocenters. The first kappa shape index (κ1) is 13.1. The molecule has 0 radical (unpaired) electrons. The van der Waals surface area contributed by atoms with Gasteiger partial charge in [0.1, 0.15) is 11.3 Å². The predicted molar refractivity (Wildman–Crippen MR) is 73.5 cm³/mol. The molecule has 0 saturated heterocycles. The summed E-state index contributed by atoms with van der Waals surface area (Å²) in [6, 6.07) is 10.2. The molecule has 0 bridgehead atoms. The minimum atomic E-state index is 0.0909. The van der Waals surface area contributed by atoms with Gasteiger partial charge in [-0.2, -0.15) is 0 Å². The Bertz CT molecular complexity index is 471. The molecule has 18 heavy (non-hydrogen) atoms. The molecule has 98 valence electrons. The minimum absolute atomic E-state index is 0.0909. The normalized spacial score (nSPS) is 15.2. The van der Waals surface area contributed by atoms with Crippen LogP contribution >= 0.6 is 0 Å². The maximum Gasteiger partial charge on any atom is 0.134 e. The molecule has 1 aromatic heterocycles. The zero-order valence-corrected chi connectivity index (χ0v) is 11.2. The van der Waals surface area contributed by atoms with Crippen LogP contribution in [0.3, 0.4) is 0 Å². The highest BCUT2D eigenvalue weighted by atomic mass is 16.3. The van der Waals surface area contributed by atoms with E-state index in [1.54, 1.807) is 0 Å². The van der Waals surface area contributed by atoms with Crippen molar-refractivity contribution in [1.29, 1.82) is 0 Å². The summed E-state index contributed by atoms with van der Waals surface area (Å²) in [6.07, 6.45) is 0. The molecule has 2 rings (SSSR count). The van der Waals surface area contributed by atoms with Crippen molar-refractivity contribution in [2.45, 2.75) is 32.9 Å². The highest BCUT2D eigenvalue weighted by Gasteiger charge is 2.18. The highest BCUT2D eigenvalue weighted by Crippen LogP contribution is 2.24. The number of aliphatic hydroxyl groups is 1. The summed E-state index contributed by atoms with van der Waals surface area (Å²) in [5, 5.41) is 13.9. The second-order valence-electron chi connectivity index (χ2n) is 5.11. The maximum atomic E-state index is 9.34. The van der Waals surface area contributed by atoms with Crippen molar-refractivity contribution in [2.75, 3.05) is 6.61 Å². The Hall–Kier alpha value is -1.32. The number of aliphatic hydroxyl groups excluding tert-OH is 1. The van der Waals surface area contributed by atoms with Crippen LogP contribution in [-0.4, -0.2) is 17.8 Å². The number of hydrogen-bond acceptors (Lipinski definition) is 3. The van der Waals surface area contributed by atoms with Crippen LogP contribution in [0.4, 0.5) is 0 Å². The molecule has 0 amide bonds. The van der Waals surface area contributed by atoms with E-state index in [1.165, 1.54) is 0 Å². The molecule has 0 fully saturated rings. The predicted octanol–water partition coefficient (Wildman–Crippen LogP) is 3.10. The van der Waals surface area contributed by atoms with Gasteiger partial charge >= 0.3 is 0 Å². The molecule has 0 aliphatic carbocycles. The van der Waals surface area contributed by atoms with Crippen LogP contribution in [0.15, 0.2) is 34.7 Å². The van der Waals surface area contributed by atoms with Crippen molar-refractivity contribution in [3.8, 4) is 0 Å². The van der Waals surface area contributed by atoms with Gasteiger partial charge in [-0.3, -0.25) is 0 Å². The lowest BCUT2D eigenvalue weighted by Crippen LogP contribution is -2.38. The zero-order chi connectivity index (χ0) is 13.1. The van der Waals surface area contributed by atoms with Gasteiger partial charge in [0.25, 0.3) is 0 Å². The fourth-order valence-electron chi connectivity index (χ4n) is 2.08. The first-order valence-corrected chi connectivity index (χ1v) is 6.47. The van der Waals surface area contributed by atoms with E-state index in [0.29, 0.717) is 5.92 Å². The number of nitrogens with one attached hydrogen (secondary N) is 1. The average Bonchev–Trinajstić information content (AvgIpc) is 2.79. The number of furan rings is 1. The van der Waals surface area contributed by atoms with E-state index in [-0.39, 0.29) is 18.7 Å². The molecule has 1 heterocycles. The lowest BCUT2D eigenvalue weighted by molar-refractivity contribution is 0.197. The monoisotopic (exact) mass is 247 g/mol. The lowest BCUT2D eigenvalue weighted by Gasteiger charge is -2.23. The zero-order valence-electron chi connectivity index (χ0n) is 11.2. The third kappa shape index (κ3) is 2.74. The maximum absolute atomic E-state index is 9.34. The number of para-hydroxylation sites is 1. The minimum Gasteiger partial charge on any atom is -0.459 e. The molecule has 0 aliphatic heterocycles. The van der Waals surface area contributed by atoms with Crippen molar-refractivity contribution in [1.82, 2.24) is 5.32 Å². The first-order chi connectivity index (χ1) is 8.61. The summed E-state index contributed by atoms with van der Waals surface area (Å²) >= 11 is 0. The fourth-order valence-corrected chi connectivity index (χ4v) is 2.08. The van der Waals surface area contributed by atoms with Crippen LogP contribution in [0.5, 0.6) is 0 Å². The summed E-state index contributed by atoms with van der Waals surface area (Å²) in [4.78, 5) is 0. The molecule has 3 heteroatoms. The summed E-state index contributed by atoms with van der Waals surface area (Å²) in [5.41, 5.74) is 0.909. The molecule has 0 spiro atoms. The topological polar surface area (TPSA) is 45.4 Å². The number of rotatable bonds is 5. The van der Waals surface area contributed by atoms with Crippen molar-refractivity contribution in [2.24, 2.45) is 5.92 Å². The molecule has 2 atom stereocenters. The molecule has 0 saturated carbocycles. The second-order valence-corrected chi connectivity index (χ2v) is 5.11. The van der Waals surface area contributed by atoms with Crippen LogP contribution in [-0.2, 0) is 0 Å². The Balaban J connectivity index is 2.15. The molecular formula is C15H21NO2. The van der Waals surface area contributed by atoms with Gasteiger partial charge in [-0.25, -0.2) is 0 Å².